The molecule has 0 spiro atoms. The van der Waals surface area contributed by atoms with Gasteiger partial charge in [0.1, 0.15) is 13.1 Å². The van der Waals surface area contributed by atoms with Crippen molar-refractivity contribution in [1.29, 1.82) is 0 Å². The molecule has 17 heavy (non-hydrogen) atoms. The van der Waals surface area contributed by atoms with Gasteiger partial charge in [-0.1, -0.05) is 30.3 Å². The van der Waals surface area contributed by atoms with Crippen molar-refractivity contribution < 1.29 is 14.0 Å². The summed E-state index contributed by atoms with van der Waals surface area (Å²) in [5.74, 6) is -0.164. The summed E-state index contributed by atoms with van der Waals surface area (Å²) in [5, 5.41) is 0. The molecule has 0 aromatic heterocycles. The number of hydrogen-bond donors (Lipinski definition) is 0. The van der Waals surface area contributed by atoms with Crippen molar-refractivity contribution in [3.8, 4) is 0 Å². The minimum absolute atomic E-state index is 0.0983. The van der Waals surface area contributed by atoms with Crippen LogP contribution in [0.25, 0.3) is 0 Å². The first-order valence-electron chi connectivity index (χ1n) is 6.12. The standard InChI is InChI=1S/C14H20NO2/c1-12(16)17-14-8-9-15(2,11-14)10-13-6-4-3-5-7-13/h3-7,14H,8-11H2,1-2H3/q+1/t14-,15-/m0/s1. The van der Waals surface area contributed by atoms with E-state index in [4.69, 9.17) is 4.74 Å². The maximum atomic E-state index is 10.9. The van der Waals surface area contributed by atoms with Gasteiger partial charge in [0.2, 0.25) is 0 Å². The van der Waals surface area contributed by atoms with Crippen LogP contribution in [-0.2, 0) is 16.1 Å². The summed E-state index contributed by atoms with van der Waals surface area (Å²) in [7, 11) is 2.23. The summed E-state index contributed by atoms with van der Waals surface area (Å²) in [6, 6.07) is 10.5. The van der Waals surface area contributed by atoms with E-state index < -0.39 is 0 Å². The molecule has 0 radical (unpaired) electrons. The van der Waals surface area contributed by atoms with E-state index in [1.54, 1.807) is 0 Å². The SMILES string of the molecule is CC(=O)O[C@H]1CC[N@@+](C)(Cc2ccccc2)C1. The van der Waals surface area contributed by atoms with Gasteiger partial charge in [-0.05, 0) is 0 Å². The quantitative estimate of drug-likeness (QED) is 0.590. The van der Waals surface area contributed by atoms with Gasteiger partial charge < -0.3 is 9.22 Å². The van der Waals surface area contributed by atoms with E-state index in [9.17, 15) is 4.79 Å². The maximum absolute atomic E-state index is 10.9. The van der Waals surface area contributed by atoms with Crippen LogP contribution in [0.15, 0.2) is 30.3 Å². The molecule has 1 aromatic carbocycles. The second-order valence-corrected chi connectivity index (χ2v) is 5.19. The van der Waals surface area contributed by atoms with Gasteiger partial charge >= 0.3 is 5.97 Å². The number of carbonyl (C=O) groups is 1. The highest BCUT2D eigenvalue weighted by Crippen LogP contribution is 2.23. The van der Waals surface area contributed by atoms with Crippen molar-refractivity contribution in [2.24, 2.45) is 0 Å². The molecule has 0 aliphatic carbocycles. The largest absolute Gasteiger partial charge is 0.456 e. The smallest absolute Gasteiger partial charge is 0.303 e. The highest BCUT2D eigenvalue weighted by molar-refractivity contribution is 5.66. The van der Waals surface area contributed by atoms with Gasteiger partial charge in [-0.15, -0.1) is 0 Å². The molecule has 92 valence electrons. The van der Waals surface area contributed by atoms with Gasteiger partial charge in [-0.2, -0.15) is 0 Å². The Morgan fingerprint density at radius 3 is 2.76 bits per heavy atom. The van der Waals surface area contributed by atoms with Crippen molar-refractivity contribution in [2.45, 2.75) is 26.0 Å². The lowest BCUT2D eigenvalue weighted by atomic mass is 10.2. The third kappa shape index (κ3) is 3.30. The Morgan fingerprint density at radius 1 is 1.41 bits per heavy atom. The lowest BCUT2D eigenvalue weighted by molar-refractivity contribution is -0.912. The fourth-order valence-corrected chi connectivity index (χ4v) is 2.63. The average Bonchev–Trinajstić information content (AvgIpc) is 2.60. The van der Waals surface area contributed by atoms with Crippen LogP contribution in [0.4, 0.5) is 0 Å². The zero-order valence-electron chi connectivity index (χ0n) is 10.6. The van der Waals surface area contributed by atoms with Gasteiger partial charge in [0.15, 0.2) is 6.10 Å². The van der Waals surface area contributed by atoms with E-state index in [-0.39, 0.29) is 12.1 Å². The highest BCUT2D eigenvalue weighted by Gasteiger charge is 2.36. The summed E-state index contributed by atoms with van der Waals surface area (Å²) < 4.78 is 6.25. The molecule has 0 N–H and O–H groups in total. The van der Waals surface area contributed by atoms with Gasteiger partial charge in [0.05, 0.1) is 13.6 Å². The second kappa shape index (κ2) is 4.88. The number of quaternary nitrogens is 1. The summed E-state index contributed by atoms with van der Waals surface area (Å²) in [6.45, 7) is 4.50. The van der Waals surface area contributed by atoms with Gasteiger partial charge in [0.25, 0.3) is 0 Å². The second-order valence-electron chi connectivity index (χ2n) is 5.19. The van der Waals surface area contributed by atoms with Crippen LogP contribution < -0.4 is 0 Å². The maximum Gasteiger partial charge on any atom is 0.303 e. The van der Waals surface area contributed by atoms with E-state index in [1.807, 2.05) is 6.07 Å². The summed E-state index contributed by atoms with van der Waals surface area (Å²) in [5.41, 5.74) is 1.35. The molecule has 1 aliphatic heterocycles. The van der Waals surface area contributed by atoms with Crippen molar-refractivity contribution in [3.05, 3.63) is 35.9 Å². The Kier molecular flexibility index (Phi) is 3.48. The number of nitrogens with zero attached hydrogens (tertiary/aromatic N) is 1. The van der Waals surface area contributed by atoms with Crippen molar-refractivity contribution >= 4 is 5.97 Å². The van der Waals surface area contributed by atoms with Crippen LogP contribution in [0.3, 0.4) is 0 Å². The molecule has 1 aromatic rings. The third-order valence-corrected chi connectivity index (χ3v) is 3.38. The molecule has 1 heterocycles. The number of carbonyl (C=O) groups excluding carboxylic acids is 1. The van der Waals surface area contributed by atoms with Crippen LogP contribution in [0, 0.1) is 0 Å². The highest BCUT2D eigenvalue weighted by atomic mass is 16.5. The van der Waals surface area contributed by atoms with E-state index in [0.717, 1.165) is 30.5 Å². The van der Waals surface area contributed by atoms with Crippen molar-refractivity contribution in [2.75, 3.05) is 20.1 Å². The van der Waals surface area contributed by atoms with Crippen molar-refractivity contribution in [3.63, 3.8) is 0 Å². The first-order valence-corrected chi connectivity index (χ1v) is 6.12. The Balaban J connectivity index is 1.95. The van der Waals surface area contributed by atoms with E-state index in [0.29, 0.717) is 0 Å². The third-order valence-electron chi connectivity index (χ3n) is 3.38. The monoisotopic (exact) mass is 234 g/mol. The molecule has 1 aliphatic rings. The van der Waals surface area contributed by atoms with Gasteiger partial charge in [0, 0.05) is 18.9 Å². The lowest BCUT2D eigenvalue weighted by Crippen LogP contribution is -2.41. The fourth-order valence-electron chi connectivity index (χ4n) is 2.63. The Bertz CT molecular complexity index is 390. The van der Waals surface area contributed by atoms with Crippen LogP contribution in [-0.4, -0.2) is 36.7 Å². The molecule has 3 heteroatoms. The molecule has 3 nitrogen and oxygen atoms in total. The molecule has 2 rings (SSSR count). The zero-order chi connectivity index (χ0) is 12.3. The summed E-state index contributed by atoms with van der Waals surface area (Å²) in [4.78, 5) is 10.9. The molecule has 1 saturated heterocycles. The molecule has 1 fully saturated rings. The molecule has 0 bridgehead atoms. The molecule has 0 amide bonds. The minimum atomic E-state index is -0.164. The minimum Gasteiger partial charge on any atom is -0.456 e. The van der Waals surface area contributed by atoms with Crippen LogP contribution >= 0.6 is 0 Å². The molecule has 0 saturated carbocycles. The van der Waals surface area contributed by atoms with Crippen LogP contribution in [0.5, 0.6) is 0 Å². The number of likely N-dealkylation sites (N-methyl/N-ethyl adjacent to an activating group) is 1. The Labute approximate surface area is 103 Å². The fraction of sp³-hybridized carbons (Fsp3) is 0.500. The Morgan fingerprint density at radius 2 is 2.12 bits per heavy atom. The zero-order valence-corrected chi connectivity index (χ0v) is 10.6. The Hall–Kier alpha value is -1.35. The summed E-state index contributed by atoms with van der Waals surface area (Å²) in [6.07, 6.45) is 1.07. The van der Waals surface area contributed by atoms with Crippen LogP contribution in [0.1, 0.15) is 18.9 Å². The molecular weight excluding hydrogens is 214 g/mol. The number of likely N-dealkylation sites (tertiary alicyclic amines) is 1. The topological polar surface area (TPSA) is 26.3 Å². The number of benzene rings is 1. The number of ether oxygens (including phenoxy) is 1. The average molecular weight is 234 g/mol. The van der Waals surface area contributed by atoms with E-state index in [1.165, 1.54) is 12.5 Å². The predicted octanol–water partition coefficient (Wildman–Crippen LogP) is 1.97. The summed E-state index contributed by atoms with van der Waals surface area (Å²) >= 11 is 0. The predicted molar refractivity (Wildman–Crippen MR) is 66.2 cm³/mol. The van der Waals surface area contributed by atoms with E-state index in [2.05, 4.69) is 31.3 Å². The normalized spacial score (nSPS) is 28.0. The number of hydrogen-bond acceptors (Lipinski definition) is 2. The number of rotatable bonds is 3. The van der Waals surface area contributed by atoms with Crippen molar-refractivity contribution in [1.82, 2.24) is 0 Å². The lowest BCUT2D eigenvalue weighted by Gasteiger charge is -2.29. The number of esters is 1. The van der Waals surface area contributed by atoms with Gasteiger partial charge in [-0.25, -0.2) is 0 Å². The van der Waals surface area contributed by atoms with E-state index >= 15 is 0 Å². The van der Waals surface area contributed by atoms with Crippen LogP contribution in [0.2, 0.25) is 0 Å². The van der Waals surface area contributed by atoms with Gasteiger partial charge in [-0.3, -0.25) is 4.79 Å². The molecule has 0 unspecified atom stereocenters. The molecular formula is C14H20NO2+. The molecule has 2 atom stereocenters. The first-order chi connectivity index (χ1) is 8.07. The first kappa shape index (κ1) is 12.1.